The number of ether oxygens (including phenoxy) is 2. The van der Waals surface area contributed by atoms with Crippen LogP contribution in [0.5, 0.6) is 0 Å². The van der Waals surface area contributed by atoms with Crippen LogP contribution in [0.1, 0.15) is 24.7 Å². The van der Waals surface area contributed by atoms with Crippen LogP contribution in [0.15, 0.2) is 65.6 Å². The normalized spacial score (nSPS) is 22.4. The summed E-state index contributed by atoms with van der Waals surface area (Å²) >= 11 is 0. The molecule has 0 unspecified atom stereocenters. The summed E-state index contributed by atoms with van der Waals surface area (Å²) in [5.41, 5.74) is 0.521. The molecule has 0 radical (unpaired) electrons. The molecule has 1 aliphatic rings. The molecule has 134 valence electrons. The van der Waals surface area contributed by atoms with Gasteiger partial charge in [-0.15, -0.1) is 0 Å². The SMILES string of the molecule is CC1(C)OC[C@H]([C@@H](O)[C@H](c2ccccc2)S(=O)(=O)c2ccccc2)O1. The minimum atomic E-state index is -3.81. The topological polar surface area (TPSA) is 72.8 Å². The van der Waals surface area contributed by atoms with Gasteiger partial charge in [0.15, 0.2) is 15.6 Å². The maximum atomic E-state index is 13.2. The number of hydrogen-bond donors (Lipinski definition) is 1. The number of aliphatic hydroxyl groups excluding tert-OH is 1. The van der Waals surface area contributed by atoms with Gasteiger partial charge in [0.1, 0.15) is 17.5 Å². The predicted octanol–water partition coefficient (Wildman–Crippen LogP) is 2.71. The zero-order chi connectivity index (χ0) is 18.1. The van der Waals surface area contributed by atoms with E-state index in [2.05, 4.69) is 0 Å². The molecule has 2 aromatic rings. The highest BCUT2D eigenvalue weighted by Gasteiger charge is 2.45. The molecule has 3 rings (SSSR count). The van der Waals surface area contributed by atoms with E-state index in [1.165, 1.54) is 12.1 Å². The van der Waals surface area contributed by atoms with E-state index in [9.17, 15) is 13.5 Å². The maximum Gasteiger partial charge on any atom is 0.188 e. The zero-order valence-electron chi connectivity index (χ0n) is 14.2. The van der Waals surface area contributed by atoms with Crippen LogP contribution in [0.25, 0.3) is 0 Å². The Hall–Kier alpha value is -1.73. The number of sulfone groups is 1. The fourth-order valence-corrected chi connectivity index (χ4v) is 4.93. The van der Waals surface area contributed by atoms with Crippen molar-refractivity contribution in [1.29, 1.82) is 0 Å². The standard InChI is InChI=1S/C19H22O5S/c1-19(2)23-13-16(24-19)17(20)18(14-9-5-3-6-10-14)25(21,22)15-11-7-4-8-12-15/h3-12,16-18,20H,13H2,1-2H3/t16-,17-,18+/m1/s1. The average Bonchev–Trinajstić information content (AvgIpc) is 2.96. The molecule has 3 atom stereocenters. The molecular formula is C19H22O5S. The first-order valence-corrected chi connectivity index (χ1v) is 9.70. The predicted molar refractivity (Wildman–Crippen MR) is 93.7 cm³/mol. The van der Waals surface area contributed by atoms with Crippen molar-refractivity contribution < 1.29 is 23.0 Å². The molecule has 0 amide bonds. The first-order valence-electron chi connectivity index (χ1n) is 8.15. The third-order valence-electron chi connectivity index (χ3n) is 4.26. The fraction of sp³-hybridized carbons (Fsp3) is 0.368. The number of benzene rings is 2. The van der Waals surface area contributed by atoms with Crippen LogP contribution < -0.4 is 0 Å². The molecule has 0 bridgehead atoms. The van der Waals surface area contributed by atoms with E-state index in [-0.39, 0.29) is 11.5 Å². The van der Waals surface area contributed by atoms with Crippen molar-refractivity contribution >= 4 is 9.84 Å². The van der Waals surface area contributed by atoms with Crippen LogP contribution in [0.4, 0.5) is 0 Å². The molecule has 0 aliphatic carbocycles. The summed E-state index contributed by atoms with van der Waals surface area (Å²) in [6.45, 7) is 3.62. The highest BCUT2D eigenvalue weighted by Crippen LogP contribution is 2.36. The van der Waals surface area contributed by atoms with Gasteiger partial charge in [-0.05, 0) is 31.5 Å². The van der Waals surface area contributed by atoms with E-state index in [4.69, 9.17) is 9.47 Å². The molecule has 1 fully saturated rings. The molecular weight excluding hydrogens is 340 g/mol. The summed E-state index contributed by atoms with van der Waals surface area (Å²) in [6.07, 6.45) is -1.98. The smallest absolute Gasteiger partial charge is 0.188 e. The molecule has 2 aromatic carbocycles. The van der Waals surface area contributed by atoms with E-state index in [1.807, 2.05) is 0 Å². The van der Waals surface area contributed by atoms with E-state index in [1.54, 1.807) is 62.4 Å². The van der Waals surface area contributed by atoms with Gasteiger partial charge in [-0.1, -0.05) is 48.5 Å². The summed E-state index contributed by atoms with van der Waals surface area (Å²) in [5, 5.41) is 9.77. The molecule has 0 saturated carbocycles. The third-order valence-corrected chi connectivity index (χ3v) is 6.40. The van der Waals surface area contributed by atoms with Gasteiger partial charge in [0.05, 0.1) is 11.5 Å². The lowest BCUT2D eigenvalue weighted by Gasteiger charge is -2.28. The summed E-state index contributed by atoms with van der Waals surface area (Å²) < 4.78 is 37.7. The van der Waals surface area contributed by atoms with Crippen molar-refractivity contribution in [2.75, 3.05) is 6.61 Å². The lowest BCUT2D eigenvalue weighted by molar-refractivity contribution is -0.151. The monoisotopic (exact) mass is 362 g/mol. The molecule has 1 aliphatic heterocycles. The van der Waals surface area contributed by atoms with Crippen LogP contribution >= 0.6 is 0 Å². The molecule has 5 nitrogen and oxygen atoms in total. The quantitative estimate of drug-likeness (QED) is 0.885. The summed E-state index contributed by atoms with van der Waals surface area (Å²) in [5.74, 6) is -0.844. The van der Waals surface area contributed by atoms with Crippen molar-refractivity contribution in [2.45, 2.75) is 42.0 Å². The molecule has 6 heteroatoms. The minimum Gasteiger partial charge on any atom is -0.389 e. The maximum absolute atomic E-state index is 13.2. The van der Waals surface area contributed by atoms with Crippen molar-refractivity contribution in [2.24, 2.45) is 0 Å². The van der Waals surface area contributed by atoms with Gasteiger partial charge in [0, 0.05) is 0 Å². The van der Waals surface area contributed by atoms with Gasteiger partial charge in [0.2, 0.25) is 0 Å². The van der Waals surface area contributed by atoms with Crippen LogP contribution in [0, 0.1) is 0 Å². The van der Waals surface area contributed by atoms with Gasteiger partial charge < -0.3 is 14.6 Å². The van der Waals surface area contributed by atoms with Gasteiger partial charge in [0.25, 0.3) is 0 Å². The largest absolute Gasteiger partial charge is 0.389 e. The second-order valence-electron chi connectivity index (χ2n) is 6.55. The van der Waals surface area contributed by atoms with Crippen molar-refractivity contribution in [3.63, 3.8) is 0 Å². The Morgan fingerprint density at radius 3 is 2.12 bits per heavy atom. The van der Waals surface area contributed by atoms with Crippen LogP contribution in [-0.2, 0) is 19.3 Å². The second-order valence-corrected chi connectivity index (χ2v) is 8.62. The molecule has 1 heterocycles. The first kappa shape index (κ1) is 18.1. The molecule has 1 N–H and O–H groups in total. The Bertz CT molecular complexity index is 802. The Balaban J connectivity index is 2.02. The number of aliphatic hydroxyl groups is 1. The van der Waals surface area contributed by atoms with Crippen LogP contribution in [0.3, 0.4) is 0 Å². The number of rotatable bonds is 5. The summed E-state index contributed by atoms with van der Waals surface area (Å²) in [6, 6.07) is 16.9. The molecule has 1 saturated heterocycles. The van der Waals surface area contributed by atoms with Gasteiger partial charge in [-0.25, -0.2) is 8.42 Å². The Morgan fingerprint density at radius 2 is 1.60 bits per heavy atom. The summed E-state index contributed by atoms with van der Waals surface area (Å²) in [7, 11) is -3.81. The van der Waals surface area contributed by atoms with E-state index in [0.29, 0.717) is 5.56 Å². The molecule has 0 spiro atoms. The first-order chi connectivity index (χ1) is 11.8. The Kier molecular flexibility index (Phi) is 4.97. The molecule has 25 heavy (non-hydrogen) atoms. The van der Waals surface area contributed by atoms with Crippen molar-refractivity contribution in [3.8, 4) is 0 Å². The highest BCUT2D eigenvalue weighted by atomic mass is 32.2. The van der Waals surface area contributed by atoms with Gasteiger partial charge in [-0.2, -0.15) is 0 Å². The fourth-order valence-electron chi connectivity index (χ4n) is 3.04. The summed E-state index contributed by atoms with van der Waals surface area (Å²) in [4.78, 5) is 0.168. The van der Waals surface area contributed by atoms with Gasteiger partial charge in [-0.3, -0.25) is 0 Å². The van der Waals surface area contributed by atoms with Gasteiger partial charge >= 0.3 is 0 Å². The third kappa shape index (κ3) is 3.77. The van der Waals surface area contributed by atoms with Crippen molar-refractivity contribution in [1.82, 2.24) is 0 Å². The second kappa shape index (κ2) is 6.88. The minimum absolute atomic E-state index is 0.141. The van der Waals surface area contributed by atoms with Crippen LogP contribution in [0.2, 0.25) is 0 Å². The van der Waals surface area contributed by atoms with E-state index < -0.39 is 33.1 Å². The lowest BCUT2D eigenvalue weighted by atomic mass is 10.0. The molecule has 0 aromatic heterocycles. The average molecular weight is 362 g/mol. The zero-order valence-corrected chi connectivity index (χ0v) is 15.0. The lowest BCUT2D eigenvalue weighted by Crippen LogP contribution is -2.38. The number of hydrogen-bond acceptors (Lipinski definition) is 5. The van der Waals surface area contributed by atoms with Crippen LogP contribution in [-0.4, -0.2) is 38.1 Å². The Morgan fingerprint density at radius 1 is 1.04 bits per heavy atom. The van der Waals surface area contributed by atoms with Crippen molar-refractivity contribution in [3.05, 3.63) is 66.2 Å². The van der Waals surface area contributed by atoms with E-state index in [0.717, 1.165) is 0 Å². The van der Waals surface area contributed by atoms with E-state index >= 15 is 0 Å². The highest BCUT2D eigenvalue weighted by molar-refractivity contribution is 7.91. The Labute approximate surface area is 148 Å².